The van der Waals surface area contributed by atoms with Crippen molar-refractivity contribution in [3.8, 4) is 0 Å². The molecule has 176 valence electrons. The summed E-state index contributed by atoms with van der Waals surface area (Å²) >= 11 is 0. The number of rotatable bonds is 5. The van der Waals surface area contributed by atoms with Crippen LogP contribution >= 0.6 is 0 Å². The second-order valence-corrected chi connectivity index (χ2v) is 10.9. The van der Waals surface area contributed by atoms with Gasteiger partial charge < -0.3 is 9.80 Å². The summed E-state index contributed by atoms with van der Waals surface area (Å²) in [5.74, 6) is -0.0554. The number of piperazine rings is 1. The molecule has 0 atom stereocenters. The van der Waals surface area contributed by atoms with Crippen LogP contribution in [0.3, 0.4) is 0 Å². The zero-order chi connectivity index (χ0) is 23.5. The summed E-state index contributed by atoms with van der Waals surface area (Å²) in [6, 6.07) is 25.6. The molecule has 34 heavy (non-hydrogen) atoms. The van der Waals surface area contributed by atoms with Crippen LogP contribution < -0.4 is 4.90 Å². The smallest absolute Gasteiger partial charge is 0.253 e. The number of fused-ring (bicyclic) bond motifs is 1. The summed E-state index contributed by atoms with van der Waals surface area (Å²) in [5.41, 5.74) is 5.30. The molecule has 2 aliphatic rings. The molecule has 0 saturated carbocycles. The van der Waals surface area contributed by atoms with E-state index >= 15 is 0 Å². The summed E-state index contributed by atoms with van der Waals surface area (Å²) in [6.45, 7) is 3.29. The molecule has 0 aromatic heterocycles. The molecule has 1 saturated heterocycles. The predicted octanol–water partition coefficient (Wildman–Crippen LogP) is 3.54. The lowest BCUT2D eigenvalue weighted by molar-refractivity contribution is 0.0698. The SMILES string of the molecule is O=C(c1ccc(N2CCc3ccccc3C2)cc1)N1CCN(S(=O)(=O)Cc2ccccc2)CC1. The van der Waals surface area contributed by atoms with Gasteiger partial charge in [0.05, 0.1) is 5.75 Å². The van der Waals surface area contributed by atoms with Gasteiger partial charge in [0, 0.05) is 50.5 Å². The van der Waals surface area contributed by atoms with E-state index in [4.69, 9.17) is 0 Å². The Bertz CT molecular complexity index is 1250. The van der Waals surface area contributed by atoms with E-state index in [1.165, 1.54) is 15.4 Å². The highest BCUT2D eigenvalue weighted by Crippen LogP contribution is 2.25. The van der Waals surface area contributed by atoms with Gasteiger partial charge in [-0.2, -0.15) is 4.31 Å². The van der Waals surface area contributed by atoms with Gasteiger partial charge >= 0.3 is 0 Å². The third-order valence-corrected chi connectivity index (χ3v) is 8.57. The van der Waals surface area contributed by atoms with Crippen LogP contribution in [0.5, 0.6) is 0 Å². The fourth-order valence-electron chi connectivity index (χ4n) is 4.76. The van der Waals surface area contributed by atoms with E-state index in [1.54, 1.807) is 4.90 Å². The summed E-state index contributed by atoms with van der Waals surface area (Å²) in [4.78, 5) is 17.1. The first kappa shape index (κ1) is 22.6. The largest absolute Gasteiger partial charge is 0.367 e. The van der Waals surface area contributed by atoms with E-state index < -0.39 is 10.0 Å². The van der Waals surface area contributed by atoms with Crippen molar-refractivity contribution < 1.29 is 13.2 Å². The maximum absolute atomic E-state index is 13.0. The normalized spacial score (nSPS) is 16.8. The van der Waals surface area contributed by atoms with Crippen molar-refractivity contribution in [1.29, 1.82) is 0 Å². The first-order chi connectivity index (χ1) is 16.5. The summed E-state index contributed by atoms with van der Waals surface area (Å²) in [6.07, 6.45) is 1.02. The van der Waals surface area contributed by atoms with Crippen molar-refractivity contribution in [2.45, 2.75) is 18.7 Å². The molecule has 2 aliphatic heterocycles. The average Bonchev–Trinajstić information content (AvgIpc) is 2.88. The molecule has 6 nitrogen and oxygen atoms in total. The maximum atomic E-state index is 13.0. The van der Waals surface area contributed by atoms with Crippen LogP contribution in [0.4, 0.5) is 5.69 Å². The third-order valence-electron chi connectivity index (χ3n) is 6.72. The van der Waals surface area contributed by atoms with E-state index in [2.05, 4.69) is 29.2 Å². The minimum absolute atomic E-state index is 0.00970. The highest BCUT2D eigenvalue weighted by atomic mass is 32.2. The van der Waals surface area contributed by atoms with E-state index in [-0.39, 0.29) is 11.7 Å². The van der Waals surface area contributed by atoms with Gasteiger partial charge in [-0.3, -0.25) is 4.79 Å². The molecule has 1 amide bonds. The van der Waals surface area contributed by atoms with Crippen molar-refractivity contribution in [2.24, 2.45) is 0 Å². The molecule has 3 aromatic carbocycles. The number of carbonyl (C=O) groups is 1. The number of nitrogens with zero attached hydrogens (tertiary/aromatic N) is 3. The minimum atomic E-state index is -3.40. The molecule has 0 N–H and O–H groups in total. The number of amides is 1. The zero-order valence-corrected chi connectivity index (χ0v) is 20.0. The average molecular weight is 476 g/mol. The Kier molecular flexibility index (Phi) is 6.39. The number of hydrogen-bond acceptors (Lipinski definition) is 4. The lowest BCUT2D eigenvalue weighted by Crippen LogP contribution is -2.50. The number of benzene rings is 3. The fourth-order valence-corrected chi connectivity index (χ4v) is 6.27. The van der Waals surface area contributed by atoms with E-state index in [9.17, 15) is 13.2 Å². The molecular formula is C27H29N3O3S. The fraction of sp³-hybridized carbons (Fsp3) is 0.296. The Hall–Kier alpha value is -3.16. The first-order valence-electron chi connectivity index (χ1n) is 11.7. The number of anilines is 1. The van der Waals surface area contributed by atoms with E-state index in [1.807, 2.05) is 54.6 Å². The Morgan fingerprint density at radius 2 is 1.38 bits per heavy atom. The second-order valence-electron chi connectivity index (χ2n) is 8.92. The van der Waals surface area contributed by atoms with Gasteiger partial charge in [-0.15, -0.1) is 0 Å². The lowest BCUT2D eigenvalue weighted by Gasteiger charge is -2.34. The first-order valence-corrected chi connectivity index (χ1v) is 13.3. The number of sulfonamides is 1. The Morgan fingerprint density at radius 1 is 0.735 bits per heavy atom. The van der Waals surface area contributed by atoms with Crippen molar-refractivity contribution in [2.75, 3.05) is 37.6 Å². The zero-order valence-electron chi connectivity index (χ0n) is 19.1. The lowest BCUT2D eigenvalue weighted by atomic mass is 9.99. The van der Waals surface area contributed by atoms with Crippen molar-refractivity contribution >= 4 is 21.6 Å². The molecule has 1 fully saturated rings. The van der Waals surface area contributed by atoms with Crippen LogP contribution in [0, 0.1) is 0 Å². The van der Waals surface area contributed by atoms with Gasteiger partial charge in [0.25, 0.3) is 5.91 Å². The maximum Gasteiger partial charge on any atom is 0.253 e. The standard InChI is InChI=1S/C27H29N3O3S/c31-27(28-16-18-30(19-17-28)34(32,33)21-22-6-2-1-3-7-22)24-10-12-26(13-11-24)29-15-14-23-8-4-5-9-25(23)20-29/h1-13H,14-21H2. The summed E-state index contributed by atoms with van der Waals surface area (Å²) in [5, 5.41) is 0. The molecular weight excluding hydrogens is 446 g/mol. The second kappa shape index (κ2) is 9.60. The van der Waals surface area contributed by atoms with Crippen LogP contribution in [-0.4, -0.2) is 56.3 Å². The highest BCUT2D eigenvalue weighted by Gasteiger charge is 2.29. The monoisotopic (exact) mass is 475 g/mol. The van der Waals surface area contributed by atoms with Crippen LogP contribution in [-0.2, 0) is 28.7 Å². The van der Waals surface area contributed by atoms with Crippen molar-refractivity contribution in [3.63, 3.8) is 0 Å². The van der Waals surface area contributed by atoms with Crippen LogP contribution in [0.15, 0.2) is 78.9 Å². The molecule has 0 spiro atoms. The van der Waals surface area contributed by atoms with Gasteiger partial charge in [-0.25, -0.2) is 8.42 Å². The molecule has 0 unspecified atom stereocenters. The van der Waals surface area contributed by atoms with Crippen LogP contribution in [0.2, 0.25) is 0 Å². The van der Waals surface area contributed by atoms with Crippen molar-refractivity contribution in [1.82, 2.24) is 9.21 Å². The summed E-state index contributed by atoms with van der Waals surface area (Å²) in [7, 11) is -3.40. The molecule has 3 aromatic rings. The van der Waals surface area contributed by atoms with E-state index in [0.717, 1.165) is 30.8 Å². The quantitative estimate of drug-likeness (QED) is 0.566. The molecule has 0 aliphatic carbocycles. The molecule has 0 radical (unpaired) electrons. The van der Waals surface area contributed by atoms with Gasteiger partial charge in [0.2, 0.25) is 10.0 Å². The number of hydrogen-bond donors (Lipinski definition) is 0. The van der Waals surface area contributed by atoms with Gasteiger partial charge in [-0.1, -0.05) is 54.6 Å². The highest BCUT2D eigenvalue weighted by molar-refractivity contribution is 7.88. The van der Waals surface area contributed by atoms with Crippen molar-refractivity contribution in [3.05, 3.63) is 101 Å². The van der Waals surface area contributed by atoms with Crippen LogP contribution in [0.1, 0.15) is 27.0 Å². The summed E-state index contributed by atoms with van der Waals surface area (Å²) < 4.78 is 27.1. The molecule has 2 heterocycles. The third kappa shape index (κ3) is 4.86. The predicted molar refractivity (Wildman–Crippen MR) is 134 cm³/mol. The minimum Gasteiger partial charge on any atom is -0.367 e. The molecule has 5 rings (SSSR count). The Morgan fingerprint density at radius 3 is 2.09 bits per heavy atom. The van der Waals surface area contributed by atoms with E-state index in [0.29, 0.717) is 31.7 Å². The van der Waals surface area contributed by atoms with Gasteiger partial charge in [0.15, 0.2) is 0 Å². The van der Waals surface area contributed by atoms with Crippen LogP contribution in [0.25, 0.3) is 0 Å². The Balaban J connectivity index is 1.18. The van der Waals surface area contributed by atoms with Gasteiger partial charge in [0.1, 0.15) is 0 Å². The molecule has 7 heteroatoms. The number of carbonyl (C=O) groups excluding carboxylic acids is 1. The Labute approximate surface area is 201 Å². The van der Waals surface area contributed by atoms with Gasteiger partial charge in [-0.05, 0) is 47.4 Å². The molecule has 0 bridgehead atoms. The topological polar surface area (TPSA) is 60.9 Å².